The number of carbonyl (C=O) groups excluding carboxylic acids is 2. The average Bonchev–Trinajstić information content (AvgIpc) is 3.68. The predicted octanol–water partition coefficient (Wildman–Crippen LogP) is 7.15. The largest absolute Gasteiger partial charge is 0.493 e. The van der Waals surface area contributed by atoms with E-state index < -0.39 is 5.41 Å². The van der Waals surface area contributed by atoms with Crippen molar-refractivity contribution in [1.82, 2.24) is 4.90 Å². The Kier molecular flexibility index (Phi) is 9.41. The van der Waals surface area contributed by atoms with Crippen LogP contribution in [0.4, 0.5) is 11.4 Å². The standard InChI is InChI=1S/C36H39Cl2N3O4/c1-3-44-35(43)36(24(2)33(36)25-10-5-4-6-11-25)27-22-26-14-15-32(42)39-29(26)23-31(27)45-21-8-7-16-40-17-19-41(20-18-40)30-13-9-12-28(37)34(30)38/h4-6,9-13,22-23H,3,7-8,14-21H2,1-2H3,(H,39,42). The maximum absolute atomic E-state index is 13.8. The third kappa shape index (κ3) is 6.18. The maximum atomic E-state index is 13.8. The van der Waals surface area contributed by atoms with Crippen LogP contribution in [0.3, 0.4) is 0 Å². The van der Waals surface area contributed by atoms with E-state index in [1.165, 1.54) is 0 Å². The number of ether oxygens (including phenoxy) is 2. The minimum absolute atomic E-state index is 0.00950. The SMILES string of the molecule is CCOC(=O)C1(c2cc3c(cc2OCCCCN2CCN(c4cccc(Cl)c4Cl)CC2)NC(=O)CC3)C(C)=C1c1ccccc1. The van der Waals surface area contributed by atoms with Gasteiger partial charge in [-0.3, -0.25) is 14.5 Å². The molecule has 7 nitrogen and oxygen atoms in total. The summed E-state index contributed by atoms with van der Waals surface area (Å²) in [5.74, 6) is 0.315. The topological polar surface area (TPSA) is 71.1 Å². The van der Waals surface area contributed by atoms with Gasteiger partial charge in [0.2, 0.25) is 5.91 Å². The lowest BCUT2D eigenvalue weighted by Crippen LogP contribution is -2.46. The van der Waals surface area contributed by atoms with Crippen molar-refractivity contribution in [1.29, 1.82) is 0 Å². The molecule has 1 atom stereocenters. The van der Waals surface area contributed by atoms with E-state index in [0.29, 0.717) is 35.2 Å². The first-order valence-corrected chi connectivity index (χ1v) is 16.6. The van der Waals surface area contributed by atoms with Crippen LogP contribution in [0, 0.1) is 0 Å². The molecule has 0 spiro atoms. The number of halogens is 2. The molecular formula is C36H39Cl2N3O4. The van der Waals surface area contributed by atoms with E-state index >= 15 is 0 Å². The summed E-state index contributed by atoms with van der Waals surface area (Å²) in [6.07, 6.45) is 2.86. The number of amides is 1. The van der Waals surface area contributed by atoms with Gasteiger partial charge < -0.3 is 19.7 Å². The Morgan fingerprint density at radius 2 is 1.76 bits per heavy atom. The zero-order valence-corrected chi connectivity index (χ0v) is 27.3. The smallest absolute Gasteiger partial charge is 0.325 e. The number of anilines is 2. The molecule has 0 radical (unpaired) electrons. The summed E-state index contributed by atoms with van der Waals surface area (Å²) in [6, 6.07) is 19.7. The molecule has 0 bridgehead atoms. The van der Waals surface area contributed by atoms with E-state index in [0.717, 1.165) is 84.8 Å². The summed E-state index contributed by atoms with van der Waals surface area (Å²) in [5, 5.41) is 4.19. The molecule has 3 aromatic carbocycles. The molecule has 3 aromatic rings. The Balaban J connectivity index is 1.14. The second kappa shape index (κ2) is 13.5. The van der Waals surface area contributed by atoms with E-state index in [-0.39, 0.29) is 18.5 Å². The van der Waals surface area contributed by atoms with Gasteiger partial charge in [0.25, 0.3) is 0 Å². The lowest BCUT2D eigenvalue weighted by atomic mass is 9.83. The van der Waals surface area contributed by atoms with E-state index in [2.05, 4.69) is 15.1 Å². The Labute approximate surface area is 275 Å². The van der Waals surface area contributed by atoms with Gasteiger partial charge in [-0.25, -0.2) is 0 Å². The number of hydrogen-bond donors (Lipinski definition) is 1. The first kappa shape index (κ1) is 31.5. The number of benzene rings is 3. The van der Waals surface area contributed by atoms with Crippen molar-refractivity contribution in [3.63, 3.8) is 0 Å². The summed E-state index contributed by atoms with van der Waals surface area (Å²) in [4.78, 5) is 30.8. The fourth-order valence-electron chi connectivity index (χ4n) is 6.78. The van der Waals surface area contributed by atoms with Gasteiger partial charge in [-0.1, -0.05) is 59.6 Å². The number of fused-ring (bicyclic) bond motifs is 1. The predicted molar refractivity (Wildman–Crippen MR) is 181 cm³/mol. The summed E-state index contributed by atoms with van der Waals surface area (Å²) >= 11 is 12.7. The van der Waals surface area contributed by atoms with Crippen LogP contribution in [0.2, 0.25) is 10.0 Å². The minimum Gasteiger partial charge on any atom is -0.493 e. The molecule has 6 rings (SSSR count). The number of nitrogens with one attached hydrogen (secondary N) is 1. The van der Waals surface area contributed by atoms with Gasteiger partial charge in [0.05, 0.1) is 28.9 Å². The quantitative estimate of drug-likeness (QED) is 0.176. The molecule has 236 valence electrons. The van der Waals surface area contributed by atoms with Crippen LogP contribution in [-0.4, -0.2) is 62.7 Å². The molecule has 9 heteroatoms. The van der Waals surface area contributed by atoms with Gasteiger partial charge >= 0.3 is 5.97 Å². The van der Waals surface area contributed by atoms with E-state index in [1.807, 2.05) is 74.5 Å². The highest BCUT2D eigenvalue weighted by Gasteiger charge is 2.61. The highest BCUT2D eigenvalue weighted by Crippen LogP contribution is 2.62. The van der Waals surface area contributed by atoms with Crippen molar-refractivity contribution in [3.05, 3.63) is 93.0 Å². The van der Waals surface area contributed by atoms with Gasteiger partial charge in [-0.15, -0.1) is 0 Å². The number of nitrogens with zero attached hydrogens (tertiary/aromatic N) is 2. The molecule has 1 N–H and O–H groups in total. The van der Waals surface area contributed by atoms with E-state index in [4.69, 9.17) is 32.7 Å². The second-order valence-corrected chi connectivity index (χ2v) is 12.6. The van der Waals surface area contributed by atoms with Crippen molar-refractivity contribution < 1.29 is 19.1 Å². The Bertz CT molecular complexity index is 1620. The van der Waals surface area contributed by atoms with Gasteiger partial charge in [-0.05, 0) is 80.1 Å². The van der Waals surface area contributed by atoms with Gasteiger partial charge in [-0.2, -0.15) is 0 Å². The third-order valence-electron chi connectivity index (χ3n) is 9.17. The summed E-state index contributed by atoms with van der Waals surface area (Å²) in [6.45, 7) is 9.28. The molecule has 1 saturated heterocycles. The molecule has 1 unspecified atom stereocenters. The maximum Gasteiger partial charge on any atom is 0.325 e. The lowest BCUT2D eigenvalue weighted by molar-refractivity contribution is -0.145. The first-order valence-electron chi connectivity index (χ1n) is 15.8. The first-order chi connectivity index (χ1) is 21.8. The minimum atomic E-state index is -1.01. The molecule has 1 amide bonds. The molecular weight excluding hydrogens is 609 g/mol. The summed E-state index contributed by atoms with van der Waals surface area (Å²) in [7, 11) is 0. The van der Waals surface area contributed by atoms with Crippen LogP contribution < -0.4 is 15.0 Å². The number of piperazine rings is 1. The Morgan fingerprint density at radius 3 is 2.51 bits per heavy atom. The third-order valence-corrected chi connectivity index (χ3v) is 9.98. The highest BCUT2D eigenvalue weighted by molar-refractivity contribution is 6.43. The zero-order chi connectivity index (χ0) is 31.6. The van der Waals surface area contributed by atoms with Crippen LogP contribution in [-0.2, 0) is 26.2 Å². The van der Waals surface area contributed by atoms with Crippen molar-refractivity contribution in [2.45, 2.75) is 44.9 Å². The summed E-state index contributed by atoms with van der Waals surface area (Å²) < 4.78 is 12.2. The molecule has 0 aromatic heterocycles. The lowest BCUT2D eigenvalue weighted by Gasteiger charge is -2.36. The zero-order valence-electron chi connectivity index (χ0n) is 25.8. The number of unbranched alkanes of at least 4 members (excludes halogenated alkanes) is 1. The number of esters is 1. The molecule has 2 aliphatic heterocycles. The van der Waals surface area contributed by atoms with Gasteiger partial charge in [0, 0.05) is 49.9 Å². The molecule has 1 fully saturated rings. The van der Waals surface area contributed by atoms with Crippen LogP contribution >= 0.6 is 23.2 Å². The molecule has 45 heavy (non-hydrogen) atoms. The van der Waals surface area contributed by atoms with Crippen LogP contribution in [0.15, 0.2) is 66.2 Å². The van der Waals surface area contributed by atoms with E-state index in [1.54, 1.807) is 0 Å². The highest BCUT2D eigenvalue weighted by atomic mass is 35.5. The van der Waals surface area contributed by atoms with Crippen molar-refractivity contribution in [2.75, 3.05) is 56.2 Å². The normalized spacial score (nSPS) is 19.6. The fraction of sp³-hybridized carbons (Fsp3) is 0.389. The van der Waals surface area contributed by atoms with Crippen LogP contribution in [0.1, 0.15) is 49.8 Å². The summed E-state index contributed by atoms with van der Waals surface area (Å²) in [5.41, 5.74) is 5.47. The van der Waals surface area contributed by atoms with Crippen molar-refractivity contribution in [2.24, 2.45) is 0 Å². The fourth-order valence-corrected chi connectivity index (χ4v) is 7.19. The number of carbonyl (C=O) groups is 2. The molecule has 3 aliphatic rings. The number of hydrogen-bond acceptors (Lipinski definition) is 6. The Morgan fingerprint density at radius 1 is 0.978 bits per heavy atom. The number of rotatable bonds is 11. The number of aryl methyl sites for hydroxylation is 1. The molecule has 0 saturated carbocycles. The van der Waals surface area contributed by atoms with E-state index in [9.17, 15) is 9.59 Å². The van der Waals surface area contributed by atoms with Gasteiger partial charge in [0.1, 0.15) is 11.2 Å². The van der Waals surface area contributed by atoms with Crippen molar-refractivity contribution >= 4 is 52.0 Å². The van der Waals surface area contributed by atoms with Crippen molar-refractivity contribution in [3.8, 4) is 5.75 Å². The van der Waals surface area contributed by atoms with Crippen LogP contribution in [0.25, 0.3) is 5.57 Å². The van der Waals surface area contributed by atoms with Crippen LogP contribution in [0.5, 0.6) is 5.75 Å². The average molecular weight is 649 g/mol. The molecule has 2 heterocycles. The van der Waals surface area contributed by atoms with Gasteiger partial charge in [0.15, 0.2) is 0 Å². The Hall–Kier alpha value is -3.52. The molecule has 1 aliphatic carbocycles. The monoisotopic (exact) mass is 647 g/mol. The second-order valence-electron chi connectivity index (χ2n) is 11.8.